The molecule has 186 valence electrons. The van der Waals surface area contributed by atoms with Gasteiger partial charge in [0.1, 0.15) is 25.3 Å². The molecule has 3 aromatic heterocycles. The third kappa shape index (κ3) is 5.08. The van der Waals surface area contributed by atoms with Crippen molar-refractivity contribution in [2.24, 2.45) is 0 Å². The summed E-state index contributed by atoms with van der Waals surface area (Å²) in [5.74, 6) is 1.20. The van der Waals surface area contributed by atoms with Crippen LogP contribution in [-0.4, -0.2) is 77.4 Å². The average Bonchev–Trinajstić information content (AvgIpc) is 2.88. The number of piperidine rings is 1. The Balaban J connectivity index is 0.000000151. The summed E-state index contributed by atoms with van der Waals surface area (Å²) >= 11 is 0. The summed E-state index contributed by atoms with van der Waals surface area (Å²) < 4.78 is 31.2. The summed E-state index contributed by atoms with van der Waals surface area (Å²) in [4.78, 5) is 24.7. The predicted octanol–water partition coefficient (Wildman–Crippen LogP) is 2.31. The van der Waals surface area contributed by atoms with Gasteiger partial charge in [-0.25, -0.2) is 4.39 Å². The molecular weight excluding hydrogens is 453 g/mol. The molecule has 0 amide bonds. The topological polar surface area (TPSA) is 82.0 Å². The van der Waals surface area contributed by atoms with E-state index in [2.05, 4.69) is 33.9 Å². The lowest BCUT2D eigenvalue weighted by molar-refractivity contribution is 0.137. The van der Waals surface area contributed by atoms with E-state index in [1.807, 2.05) is 6.07 Å². The first kappa shape index (κ1) is 23.5. The Morgan fingerprint density at radius 2 is 1.80 bits per heavy atom. The molecule has 1 fully saturated rings. The lowest BCUT2D eigenvalue weighted by Crippen LogP contribution is -2.41. The number of hydrogen-bond acceptors (Lipinski definition) is 8. The van der Waals surface area contributed by atoms with Gasteiger partial charge in [0.15, 0.2) is 23.1 Å². The molecule has 35 heavy (non-hydrogen) atoms. The normalized spacial score (nSPS) is 17.6. The zero-order valence-corrected chi connectivity index (χ0v) is 20.1. The van der Waals surface area contributed by atoms with Gasteiger partial charge >= 0.3 is 0 Å². The van der Waals surface area contributed by atoms with E-state index in [0.717, 1.165) is 29.9 Å². The number of nitrogens with zero attached hydrogens (tertiary/aromatic N) is 5. The van der Waals surface area contributed by atoms with Crippen LogP contribution >= 0.6 is 0 Å². The van der Waals surface area contributed by atoms with E-state index >= 15 is 0 Å². The van der Waals surface area contributed by atoms with Crippen LogP contribution in [0.5, 0.6) is 17.2 Å². The Morgan fingerprint density at radius 1 is 1.03 bits per heavy atom. The Hall–Kier alpha value is -3.24. The first-order valence-corrected chi connectivity index (χ1v) is 11.9. The van der Waals surface area contributed by atoms with Crippen LogP contribution in [0, 0.1) is 5.82 Å². The molecule has 6 heterocycles. The number of aromatic nitrogens is 3. The van der Waals surface area contributed by atoms with Crippen LogP contribution in [0.2, 0.25) is 0 Å². The average molecular weight is 484 g/mol. The Labute approximate surface area is 203 Å². The van der Waals surface area contributed by atoms with Gasteiger partial charge in [-0.05, 0) is 46.1 Å². The SMILES string of the molecule is CN1CCC(N(C)Cc2cc3c(cn2)OCCO3)CC1.O=c1ccc2ncc(F)c3c2n1CCO3. The summed E-state index contributed by atoms with van der Waals surface area (Å²) in [5.41, 5.74) is 1.93. The van der Waals surface area contributed by atoms with E-state index in [-0.39, 0.29) is 11.3 Å². The maximum Gasteiger partial charge on any atom is 0.251 e. The Kier molecular flexibility index (Phi) is 6.83. The van der Waals surface area contributed by atoms with Crippen molar-refractivity contribution in [2.45, 2.75) is 32.0 Å². The number of rotatable bonds is 3. The van der Waals surface area contributed by atoms with Gasteiger partial charge in [0.05, 0.1) is 30.1 Å². The fourth-order valence-corrected chi connectivity index (χ4v) is 4.70. The van der Waals surface area contributed by atoms with Crippen molar-refractivity contribution in [2.75, 3.05) is 47.0 Å². The maximum atomic E-state index is 13.4. The monoisotopic (exact) mass is 483 g/mol. The van der Waals surface area contributed by atoms with E-state index in [9.17, 15) is 9.18 Å². The molecular formula is C25H30FN5O4. The molecule has 6 rings (SSSR count). The molecule has 0 radical (unpaired) electrons. The molecule has 0 unspecified atom stereocenters. The zero-order valence-electron chi connectivity index (χ0n) is 20.1. The third-order valence-electron chi connectivity index (χ3n) is 6.68. The third-order valence-corrected chi connectivity index (χ3v) is 6.68. The van der Waals surface area contributed by atoms with Crippen LogP contribution in [0.3, 0.4) is 0 Å². The number of hydrogen-bond donors (Lipinski definition) is 0. The first-order valence-electron chi connectivity index (χ1n) is 11.9. The predicted molar refractivity (Wildman–Crippen MR) is 129 cm³/mol. The van der Waals surface area contributed by atoms with Gasteiger partial charge in [-0.2, -0.15) is 0 Å². The number of likely N-dealkylation sites (tertiary alicyclic amines) is 1. The summed E-state index contributed by atoms with van der Waals surface area (Å²) in [6.07, 6.45) is 5.36. The maximum absolute atomic E-state index is 13.4. The highest BCUT2D eigenvalue weighted by Gasteiger charge is 2.22. The van der Waals surface area contributed by atoms with Crippen LogP contribution in [0.15, 0.2) is 35.4 Å². The highest BCUT2D eigenvalue weighted by molar-refractivity contribution is 5.81. The fourth-order valence-electron chi connectivity index (χ4n) is 4.70. The largest absolute Gasteiger partial charge is 0.486 e. The van der Waals surface area contributed by atoms with Crippen molar-refractivity contribution in [1.82, 2.24) is 24.3 Å². The van der Waals surface area contributed by atoms with Gasteiger partial charge in [-0.3, -0.25) is 19.7 Å². The zero-order chi connectivity index (χ0) is 24.4. The molecule has 0 saturated carbocycles. The molecule has 0 aliphatic carbocycles. The van der Waals surface area contributed by atoms with Crippen LogP contribution in [0.25, 0.3) is 11.0 Å². The van der Waals surface area contributed by atoms with Gasteiger partial charge in [0.25, 0.3) is 5.56 Å². The van der Waals surface area contributed by atoms with Crippen molar-refractivity contribution in [3.63, 3.8) is 0 Å². The van der Waals surface area contributed by atoms with Crippen molar-refractivity contribution >= 4 is 11.0 Å². The van der Waals surface area contributed by atoms with Crippen LogP contribution in [0.1, 0.15) is 18.5 Å². The van der Waals surface area contributed by atoms with E-state index in [1.165, 1.54) is 36.6 Å². The molecule has 3 aliphatic heterocycles. The van der Waals surface area contributed by atoms with E-state index in [4.69, 9.17) is 14.2 Å². The van der Waals surface area contributed by atoms with E-state index in [0.29, 0.717) is 43.4 Å². The molecule has 3 aromatic rings. The second-order valence-electron chi connectivity index (χ2n) is 9.11. The minimum Gasteiger partial charge on any atom is -0.486 e. The van der Waals surface area contributed by atoms with Crippen molar-refractivity contribution in [3.05, 3.63) is 52.5 Å². The molecule has 1 saturated heterocycles. The number of ether oxygens (including phenoxy) is 3. The molecule has 0 spiro atoms. The highest BCUT2D eigenvalue weighted by atomic mass is 19.1. The molecule has 3 aliphatic rings. The molecule has 9 nitrogen and oxygen atoms in total. The minimum atomic E-state index is -0.526. The Bertz CT molecular complexity index is 1260. The lowest BCUT2D eigenvalue weighted by atomic mass is 10.0. The van der Waals surface area contributed by atoms with Crippen molar-refractivity contribution in [3.8, 4) is 17.2 Å². The van der Waals surface area contributed by atoms with Crippen LogP contribution < -0.4 is 19.8 Å². The summed E-state index contributed by atoms with van der Waals surface area (Å²) in [7, 11) is 4.38. The summed E-state index contributed by atoms with van der Waals surface area (Å²) in [6.45, 7) is 5.23. The van der Waals surface area contributed by atoms with E-state index in [1.54, 1.807) is 12.3 Å². The Morgan fingerprint density at radius 3 is 2.60 bits per heavy atom. The number of fused-ring (bicyclic) bond motifs is 1. The minimum absolute atomic E-state index is 0.129. The second kappa shape index (κ2) is 10.2. The fraction of sp³-hybridized carbons (Fsp3) is 0.480. The molecule has 0 N–H and O–H groups in total. The number of pyridine rings is 3. The van der Waals surface area contributed by atoms with Gasteiger partial charge < -0.3 is 23.7 Å². The summed E-state index contributed by atoms with van der Waals surface area (Å²) in [6, 6.07) is 5.68. The van der Waals surface area contributed by atoms with E-state index < -0.39 is 5.82 Å². The van der Waals surface area contributed by atoms with Gasteiger partial charge in [0, 0.05) is 24.7 Å². The lowest BCUT2D eigenvalue weighted by Gasteiger charge is -2.35. The van der Waals surface area contributed by atoms with Crippen molar-refractivity contribution in [1.29, 1.82) is 0 Å². The summed E-state index contributed by atoms with van der Waals surface area (Å²) in [5, 5.41) is 0. The second-order valence-corrected chi connectivity index (χ2v) is 9.11. The van der Waals surface area contributed by atoms with Crippen molar-refractivity contribution < 1.29 is 18.6 Å². The molecule has 10 heteroatoms. The van der Waals surface area contributed by atoms with Gasteiger partial charge in [-0.1, -0.05) is 0 Å². The number of halogens is 1. The smallest absolute Gasteiger partial charge is 0.251 e. The first-order chi connectivity index (χ1) is 17.0. The van der Waals surface area contributed by atoms with Crippen LogP contribution in [-0.2, 0) is 13.1 Å². The van der Waals surface area contributed by atoms with Crippen LogP contribution in [0.4, 0.5) is 4.39 Å². The highest BCUT2D eigenvalue weighted by Crippen LogP contribution is 2.30. The quantitative estimate of drug-likeness (QED) is 0.562. The molecule has 0 bridgehead atoms. The molecule has 0 atom stereocenters. The van der Waals surface area contributed by atoms with Gasteiger partial charge in [-0.15, -0.1) is 0 Å². The molecule has 0 aromatic carbocycles. The van der Waals surface area contributed by atoms with Gasteiger partial charge in [0.2, 0.25) is 0 Å². The standard InChI is InChI=1S/C15H23N3O2.C10H7FN2O2/c1-17-5-3-13(4-6-17)18(2)11-12-9-14-15(10-16-12)20-8-7-19-14;11-6-5-12-7-1-2-8(14)13-3-4-15-10(6)9(7)13/h9-10,13H,3-8,11H2,1-2H3;1-2,5H,3-4H2.